The van der Waals surface area contributed by atoms with Crippen LogP contribution in [0.1, 0.15) is 77.5 Å². The SMILES string of the molecule is CC(=O)OC(C)=O.CNC(=O)/C(=N/OC)c1ccccc1COc1ncc(C(O)c2ccccc2)cc1Cl.CNC(=O)/C(=N/OC)c1ccccc1COc1ncc(C(OC(C)=O)c2ccccc2)cc1Cl. The Morgan fingerprint density at radius 1 is 0.569 bits per heavy atom. The lowest BCUT2D eigenvalue weighted by Gasteiger charge is -2.18. The van der Waals surface area contributed by atoms with Gasteiger partial charge in [-0.3, -0.25) is 24.0 Å². The van der Waals surface area contributed by atoms with E-state index in [0.29, 0.717) is 33.4 Å². The highest BCUT2D eigenvalue weighted by Gasteiger charge is 2.22. The number of likely N-dealkylation sites (N-methyl/N-ethyl adjacent to an activating group) is 2. The second kappa shape index (κ2) is 29.1. The zero-order valence-corrected chi connectivity index (χ0v) is 41.8. The quantitative estimate of drug-likeness (QED) is 0.0345. The molecule has 0 saturated carbocycles. The second-order valence-corrected chi connectivity index (χ2v) is 15.5. The Bertz CT molecular complexity index is 2840. The van der Waals surface area contributed by atoms with Crippen molar-refractivity contribution in [2.24, 2.45) is 10.3 Å². The molecule has 6 aromatic rings. The molecular weight excluding hydrogens is 972 g/mol. The van der Waals surface area contributed by atoms with E-state index in [4.69, 9.17) is 47.1 Å². The Morgan fingerprint density at radius 2 is 0.972 bits per heavy atom. The molecule has 2 unspecified atom stereocenters. The molecule has 0 aliphatic heterocycles. The minimum Gasteiger partial charge on any atom is -0.472 e. The fraction of sp³-hybridized carbons (Fsp3) is 0.212. The van der Waals surface area contributed by atoms with Gasteiger partial charge in [0, 0.05) is 69.5 Å². The number of aliphatic hydroxyl groups excluding tert-OH is 1. The van der Waals surface area contributed by atoms with Crippen LogP contribution in [0.3, 0.4) is 0 Å². The van der Waals surface area contributed by atoms with E-state index < -0.39 is 36.0 Å². The highest BCUT2D eigenvalue weighted by Crippen LogP contribution is 2.32. The van der Waals surface area contributed by atoms with E-state index in [1.54, 1.807) is 48.7 Å². The molecule has 0 radical (unpaired) electrons. The molecule has 0 fully saturated rings. The van der Waals surface area contributed by atoms with Crippen LogP contribution in [0, 0.1) is 0 Å². The van der Waals surface area contributed by atoms with Gasteiger partial charge in [-0.05, 0) is 34.4 Å². The van der Waals surface area contributed by atoms with Gasteiger partial charge in [-0.25, -0.2) is 9.97 Å². The van der Waals surface area contributed by atoms with Crippen molar-refractivity contribution in [3.05, 3.63) is 188 Å². The molecule has 376 valence electrons. The van der Waals surface area contributed by atoms with Crippen LogP contribution in [-0.2, 0) is 56.3 Å². The maximum atomic E-state index is 12.2. The topological polar surface area (TPSA) is 236 Å². The molecule has 3 N–H and O–H groups in total. The molecule has 2 atom stereocenters. The number of rotatable bonds is 17. The summed E-state index contributed by atoms with van der Waals surface area (Å²) in [7, 11) is 5.77. The van der Waals surface area contributed by atoms with Crippen molar-refractivity contribution in [2.45, 2.75) is 46.2 Å². The lowest BCUT2D eigenvalue weighted by atomic mass is 10.0. The van der Waals surface area contributed by atoms with Gasteiger partial charge in [-0.1, -0.05) is 143 Å². The van der Waals surface area contributed by atoms with Gasteiger partial charge in [0.05, 0.1) is 0 Å². The Morgan fingerprint density at radius 3 is 1.36 bits per heavy atom. The van der Waals surface area contributed by atoms with E-state index in [1.807, 2.05) is 78.9 Å². The van der Waals surface area contributed by atoms with Gasteiger partial charge in [0.2, 0.25) is 11.8 Å². The smallest absolute Gasteiger partial charge is 0.310 e. The molecule has 0 aliphatic rings. The van der Waals surface area contributed by atoms with Gasteiger partial charge in [0.1, 0.15) is 43.6 Å². The van der Waals surface area contributed by atoms with E-state index in [9.17, 15) is 29.1 Å². The number of aromatic nitrogens is 2. The monoisotopic (exact) mass is 1020 g/mol. The van der Waals surface area contributed by atoms with Crippen LogP contribution in [0.5, 0.6) is 11.8 Å². The highest BCUT2D eigenvalue weighted by atomic mass is 35.5. The number of aliphatic hydroxyl groups is 1. The molecule has 2 heterocycles. The van der Waals surface area contributed by atoms with E-state index >= 15 is 0 Å². The molecule has 0 aliphatic carbocycles. The Kier molecular flexibility index (Phi) is 22.8. The lowest BCUT2D eigenvalue weighted by molar-refractivity contribution is -0.156. The number of amides is 2. The van der Waals surface area contributed by atoms with Gasteiger partial charge in [-0.15, -0.1) is 0 Å². The summed E-state index contributed by atoms with van der Waals surface area (Å²) in [4.78, 5) is 74.0. The van der Waals surface area contributed by atoms with Gasteiger partial charge < -0.3 is 44.4 Å². The molecule has 18 nitrogen and oxygen atoms in total. The number of oxime groups is 2. The molecule has 20 heteroatoms. The number of nitrogens with zero attached hydrogens (tertiary/aromatic N) is 4. The summed E-state index contributed by atoms with van der Waals surface area (Å²) < 4.78 is 21.1. The molecule has 0 bridgehead atoms. The number of hydrogen-bond donors (Lipinski definition) is 3. The molecule has 4 aromatic carbocycles. The summed E-state index contributed by atoms with van der Waals surface area (Å²) in [5.41, 5.74) is 5.44. The normalized spacial score (nSPS) is 11.6. The van der Waals surface area contributed by atoms with Crippen LogP contribution >= 0.6 is 23.2 Å². The third kappa shape index (κ3) is 17.0. The van der Waals surface area contributed by atoms with Gasteiger partial charge in [0.25, 0.3) is 11.8 Å². The molecule has 72 heavy (non-hydrogen) atoms. The van der Waals surface area contributed by atoms with Crippen LogP contribution in [0.2, 0.25) is 10.0 Å². The minimum absolute atomic E-state index is 0.0774. The zero-order valence-electron chi connectivity index (χ0n) is 40.3. The van der Waals surface area contributed by atoms with Crippen molar-refractivity contribution in [3.63, 3.8) is 0 Å². The molecule has 2 aromatic heterocycles. The average Bonchev–Trinajstić information content (AvgIpc) is 3.38. The van der Waals surface area contributed by atoms with Gasteiger partial charge >= 0.3 is 17.9 Å². The average molecular weight is 1020 g/mol. The second-order valence-electron chi connectivity index (χ2n) is 14.7. The fourth-order valence-electron chi connectivity index (χ4n) is 6.43. The number of hydrogen-bond acceptors (Lipinski definition) is 16. The van der Waals surface area contributed by atoms with Crippen molar-refractivity contribution in [2.75, 3.05) is 28.3 Å². The van der Waals surface area contributed by atoms with E-state index in [-0.39, 0.29) is 52.3 Å². The third-order valence-corrected chi connectivity index (χ3v) is 10.1. The van der Waals surface area contributed by atoms with E-state index in [2.05, 4.69) is 35.6 Å². The third-order valence-electron chi connectivity index (χ3n) is 9.59. The summed E-state index contributed by atoms with van der Waals surface area (Å²) >= 11 is 12.8. The maximum absolute atomic E-state index is 12.2. The van der Waals surface area contributed by atoms with Crippen LogP contribution in [0.4, 0.5) is 0 Å². The van der Waals surface area contributed by atoms with Crippen LogP contribution in [0.25, 0.3) is 0 Å². The van der Waals surface area contributed by atoms with Crippen molar-refractivity contribution >= 4 is 64.3 Å². The highest BCUT2D eigenvalue weighted by molar-refractivity contribution is 6.46. The van der Waals surface area contributed by atoms with Crippen molar-refractivity contribution < 1.29 is 57.7 Å². The summed E-state index contributed by atoms with van der Waals surface area (Å²) in [5.74, 6) is -1.92. The number of nitrogens with one attached hydrogen (secondary N) is 2. The Hall–Kier alpha value is -8.19. The van der Waals surface area contributed by atoms with Crippen molar-refractivity contribution in [1.82, 2.24) is 20.6 Å². The number of ether oxygens (including phenoxy) is 4. The molecule has 0 saturated heterocycles. The molecule has 0 spiro atoms. The Balaban J connectivity index is 0.000000277. The summed E-state index contributed by atoms with van der Waals surface area (Å²) in [5, 5.41) is 23.8. The number of carbonyl (C=O) groups is 5. The van der Waals surface area contributed by atoms with Gasteiger partial charge in [0.15, 0.2) is 17.5 Å². The summed E-state index contributed by atoms with van der Waals surface area (Å²) in [6.45, 7) is 3.89. The predicted molar refractivity (Wildman–Crippen MR) is 268 cm³/mol. The standard InChI is InChI=1S/C25H24ClN3O5.C23H22ClN3O4.C4H6O3/c1-16(30)34-23(17-9-5-4-6-10-17)19-13-21(26)25(28-14-19)33-15-18-11-7-8-12-20(18)22(29-32-3)24(31)27-2;1-25-22(29)20(27-30-2)18-11-7-6-10-16(18)14-31-23-19(24)12-17(13-26-23)21(28)15-8-4-3-5-9-15;1-3(5)7-4(2)6/h4-14,23H,15H2,1-3H3,(H,27,31);3-13,21,28H,14H2,1-2H3,(H,25,29);1-2H3/b29-22+;27-20+;. The minimum atomic E-state index is -0.846. The van der Waals surface area contributed by atoms with E-state index in [1.165, 1.54) is 55.3 Å². The first-order valence-electron chi connectivity index (χ1n) is 21.7. The number of benzene rings is 4. The number of esters is 3. The molecule has 6 rings (SSSR count). The summed E-state index contributed by atoms with van der Waals surface area (Å²) in [6.07, 6.45) is 1.57. The Labute approximate surface area is 425 Å². The number of carbonyl (C=O) groups excluding carboxylic acids is 5. The van der Waals surface area contributed by atoms with Crippen molar-refractivity contribution in [3.8, 4) is 11.8 Å². The van der Waals surface area contributed by atoms with Crippen molar-refractivity contribution in [1.29, 1.82) is 0 Å². The van der Waals surface area contributed by atoms with Crippen LogP contribution in [0.15, 0.2) is 144 Å². The lowest BCUT2D eigenvalue weighted by Crippen LogP contribution is -2.29. The molecular formula is C52H52Cl2N6O12. The predicted octanol–water partition coefficient (Wildman–Crippen LogP) is 7.65. The summed E-state index contributed by atoms with van der Waals surface area (Å²) in [6, 6.07) is 36.1. The first-order chi connectivity index (χ1) is 34.6. The van der Waals surface area contributed by atoms with Crippen LogP contribution in [-0.4, -0.2) is 84.5 Å². The van der Waals surface area contributed by atoms with Gasteiger partial charge in [-0.2, -0.15) is 0 Å². The molecule has 2 amide bonds. The maximum Gasteiger partial charge on any atom is 0.310 e. The first-order valence-corrected chi connectivity index (χ1v) is 22.4. The first kappa shape index (κ1) is 56.4. The van der Waals surface area contributed by atoms with Crippen LogP contribution < -0.4 is 20.1 Å². The largest absolute Gasteiger partial charge is 0.472 e. The number of halogens is 2. The van der Waals surface area contributed by atoms with E-state index in [0.717, 1.165) is 11.1 Å². The number of pyridine rings is 2. The fourth-order valence-corrected chi connectivity index (χ4v) is 6.89. The zero-order chi connectivity index (χ0) is 52.6.